The fourth-order valence-electron chi connectivity index (χ4n) is 1.64. The van der Waals surface area contributed by atoms with E-state index in [2.05, 4.69) is 10.3 Å². The molecule has 0 unspecified atom stereocenters. The van der Waals surface area contributed by atoms with Gasteiger partial charge in [-0.2, -0.15) is 0 Å². The molecular formula is C14H14N2O3S. The van der Waals surface area contributed by atoms with Crippen molar-refractivity contribution in [1.29, 1.82) is 0 Å². The monoisotopic (exact) mass is 290 g/mol. The quantitative estimate of drug-likeness (QED) is 0.924. The van der Waals surface area contributed by atoms with Crippen LogP contribution in [0.5, 0.6) is 0 Å². The summed E-state index contributed by atoms with van der Waals surface area (Å²) in [6.07, 6.45) is 4.26. The number of carbonyl (C=O) groups excluding carboxylic acids is 1. The Morgan fingerprint density at radius 1 is 1.10 bits per heavy atom. The van der Waals surface area contributed by atoms with Crippen molar-refractivity contribution in [3.8, 4) is 0 Å². The SMILES string of the molecule is CS(=O)(=O)c1ccc(CNC(=O)c2ccncc2)cc1. The number of pyridine rings is 1. The van der Waals surface area contributed by atoms with E-state index in [9.17, 15) is 13.2 Å². The molecule has 1 aromatic carbocycles. The summed E-state index contributed by atoms with van der Waals surface area (Å²) in [5.74, 6) is -0.195. The van der Waals surface area contributed by atoms with Crippen molar-refractivity contribution in [3.05, 3.63) is 59.9 Å². The molecule has 0 fully saturated rings. The van der Waals surface area contributed by atoms with E-state index in [0.29, 0.717) is 12.1 Å². The van der Waals surface area contributed by atoms with Crippen molar-refractivity contribution < 1.29 is 13.2 Å². The molecule has 1 heterocycles. The van der Waals surface area contributed by atoms with Gasteiger partial charge >= 0.3 is 0 Å². The van der Waals surface area contributed by atoms with Crippen LogP contribution in [0.25, 0.3) is 0 Å². The van der Waals surface area contributed by atoms with Gasteiger partial charge in [-0.25, -0.2) is 8.42 Å². The lowest BCUT2D eigenvalue weighted by atomic mass is 10.2. The largest absolute Gasteiger partial charge is 0.348 e. The highest BCUT2D eigenvalue weighted by atomic mass is 32.2. The lowest BCUT2D eigenvalue weighted by Crippen LogP contribution is -2.22. The highest BCUT2D eigenvalue weighted by molar-refractivity contribution is 7.90. The summed E-state index contributed by atoms with van der Waals surface area (Å²) >= 11 is 0. The summed E-state index contributed by atoms with van der Waals surface area (Å²) in [6.45, 7) is 0.338. The highest BCUT2D eigenvalue weighted by Crippen LogP contribution is 2.10. The van der Waals surface area contributed by atoms with Gasteiger partial charge < -0.3 is 5.32 Å². The van der Waals surface area contributed by atoms with Crippen LogP contribution < -0.4 is 5.32 Å². The van der Waals surface area contributed by atoms with E-state index in [1.807, 2.05) is 0 Å². The Hall–Kier alpha value is -2.21. The number of aromatic nitrogens is 1. The van der Waals surface area contributed by atoms with Gasteiger partial charge in [0.25, 0.3) is 5.91 Å². The maximum absolute atomic E-state index is 11.8. The second kappa shape index (κ2) is 5.83. The molecule has 0 saturated heterocycles. The lowest BCUT2D eigenvalue weighted by Gasteiger charge is -2.06. The third-order valence-corrected chi connectivity index (χ3v) is 3.88. The number of hydrogen-bond acceptors (Lipinski definition) is 4. The van der Waals surface area contributed by atoms with Gasteiger partial charge in [-0.3, -0.25) is 9.78 Å². The first-order valence-corrected chi connectivity index (χ1v) is 7.83. The van der Waals surface area contributed by atoms with Gasteiger partial charge in [0.1, 0.15) is 0 Å². The maximum atomic E-state index is 11.8. The number of amides is 1. The summed E-state index contributed by atoms with van der Waals surface area (Å²) in [4.78, 5) is 15.9. The summed E-state index contributed by atoms with van der Waals surface area (Å²) in [5.41, 5.74) is 1.37. The minimum Gasteiger partial charge on any atom is -0.348 e. The zero-order valence-electron chi connectivity index (χ0n) is 10.9. The maximum Gasteiger partial charge on any atom is 0.251 e. The number of nitrogens with one attached hydrogen (secondary N) is 1. The number of hydrogen-bond donors (Lipinski definition) is 1. The van der Waals surface area contributed by atoms with E-state index in [1.54, 1.807) is 36.7 Å². The van der Waals surface area contributed by atoms with Gasteiger partial charge in [-0.15, -0.1) is 0 Å². The van der Waals surface area contributed by atoms with E-state index in [1.165, 1.54) is 12.1 Å². The Balaban J connectivity index is 2.00. The summed E-state index contributed by atoms with van der Waals surface area (Å²) in [7, 11) is -3.19. The van der Waals surface area contributed by atoms with Crippen LogP contribution in [0.1, 0.15) is 15.9 Å². The molecule has 1 amide bonds. The van der Waals surface area contributed by atoms with Crippen LogP contribution in [0.4, 0.5) is 0 Å². The molecule has 1 aromatic heterocycles. The third kappa shape index (κ3) is 3.64. The summed E-state index contributed by atoms with van der Waals surface area (Å²) in [6, 6.07) is 9.68. The Labute approximate surface area is 117 Å². The molecule has 0 saturated carbocycles. The highest BCUT2D eigenvalue weighted by Gasteiger charge is 2.07. The topological polar surface area (TPSA) is 76.1 Å². The van der Waals surface area contributed by atoms with Crippen molar-refractivity contribution in [3.63, 3.8) is 0 Å². The molecule has 6 heteroatoms. The van der Waals surface area contributed by atoms with Crippen LogP contribution in [0, 0.1) is 0 Å². The molecule has 5 nitrogen and oxygen atoms in total. The fourth-order valence-corrected chi connectivity index (χ4v) is 2.27. The van der Waals surface area contributed by atoms with Crippen molar-refractivity contribution in [1.82, 2.24) is 10.3 Å². The Kier molecular flexibility index (Phi) is 4.14. The molecule has 0 bridgehead atoms. The number of benzene rings is 1. The Bertz CT molecular complexity index is 695. The van der Waals surface area contributed by atoms with Gasteiger partial charge in [0.2, 0.25) is 0 Å². The zero-order chi connectivity index (χ0) is 14.6. The van der Waals surface area contributed by atoms with Crippen LogP contribution >= 0.6 is 0 Å². The van der Waals surface area contributed by atoms with Crippen molar-refractivity contribution in [2.24, 2.45) is 0 Å². The van der Waals surface area contributed by atoms with Gasteiger partial charge in [0.15, 0.2) is 9.84 Å². The minimum atomic E-state index is -3.19. The molecule has 0 aliphatic heterocycles. The number of sulfone groups is 1. The van der Waals surface area contributed by atoms with Crippen LogP contribution in [-0.4, -0.2) is 25.6 Å². The van der Waals surface area contributed by atoms with Crippen molar-refractivity contribution >= 4 is 15.7 Å². The molecule has 2 rings (SSSR count). The van der Waals surface area contributed by atoms with E-state index < -0.39 is 9.84 Å². The predicted molar refractivity (Wildman–Crippen MR) is 75.0 cm³/mol. The van der Waals surface area contributed by atoms with E-state index in [4.69, 9.17) is 0 Å². The average Bonchev–Trinajstić information content (AvgIpc) is 2.45. The molecule has 20 heavy (non-hydrogen) atoms. The van der Waals surface area contributed by atoms with E-state index >= 15 is 0 Å². The molecule has 0 atom stereocenters. The van der Waals surface area contributed by atoms with Crippen LogP contribution in [0.2, 0.25) is 0 Å². The normalized spacial score (nSPS) is 11.1. The van der Waals surface area contributed by atoms with Crippen molar-refractivity contribution in [2.45, 2.75) is 11.4 Å². The smallest absolute Gasteiger partial charge is 0.251 e. The molecule has 2 aromatic rings. The fraction of sp³-hybridized carbons (Fsp3) is 0.143. The van der Waals surface area contributed by atoms with Crippen LogP contribution in [0.3, 0.4) is 0 Å². The first-order chi connectivity index (χ1) is 9.47. The minimum absolute atomic E-state index is 0.195. The van der Waals surface area contributed by atoms with Gasteiger partial charge in [0.05, 0.1) is 4.90 Å². The lowest BCUT2D eigenvalue weighted by molar-refractivity contribution is 0.0951. The second-order valence-corrected chi connectivity index (χ2v) is 6.35. The number of carbonyl (C=O) groups is 1. The Morgan fingerprint density at radius 3 is 2.25 bits per heavy atom. The van der Waals surface area contributed by atoms with E-state index in [-0.39, 0.29) is 10.8 Å². The molecule has 0 aliphatic rings. The van der Waals surface area contributed by atoms with Crippen molar-refractivity contribution in [2.75, 3.05) is 6.26 Å². The van der Waals surface area contributed by atoms with Gasteiger partial charge in [-0.05, 0) is 29.8 Å². The molecule has 0 radical (unpaired) electrons. The summed E-state index contributed by atoms with van der Waals surface area (Å²) < 4.78 is 22.6. The summed E-state index contributed by atoms with van der Waals surface area (Å²) in [5, 5.41) is 2.76. The van der Waals surface area contributed by atoms with Crippen LogP contribution in [0.15, 0.2) is 53.7 Å². The number of rotatable bonds is 4. The predicted octanol–water partition coefficient (Wildman–Crippen LogP) is 1.42. The molecule has 0 spiro atoms. The average molecular weight is 290 g/mol. The first-order valence-electron chi connectivity index (χ1n) is 5.94. The third-order valence-electron chi connectivity index (χ3n) is 2.75. The standard InChI is InChI=1S/C14H14N2O3S/c1-20(18,19)13-4-2-11(3-5-13)10-16-14(17)12-6-8-15-9-7-12/h2-9H,10H2,1H3,(H,16,17). The first kappa shape index (κ1) is 14.2. The second-order valence-electron chi connectivity index (χ2n) is 4.33. The Morgan fingerprint density at radius 2 is 1.70 bits per heavy atom. The van der Waals surface area contributed by atoms with Crippen LogP contribution in [-0.2, 0) is 16.4 Å². The zero-order valence-corrected chi connectivity index (χ0v) is 11.7. The van der Waals surface area contributed by atoms with E-state index in [0.717, 1.165) is 11.8 Å². The number of nitrogens with zero attached hydrogens (tertiary/aromatic N) is 1. The molecule has 0 aliphatic carbocycles. The molecule has 1 N–H and O–H groups in total. The van der Waals surface area contributed by atoms with Gasteiger partial charge in [-0.1, -0.05) is 12.1 Å². The molecule has 104 valence electrons. The van der Waals surface area contributed by atoms with Gasteiger partial charge in [0, 0.05) is 30.8 Å². The molecular weight excluding hydrogens is 276 g/mol.